The molecule has 106 valence electrons. The summed E-state index contributed by atoms with van der Waals surface area (Å²) in [6.07, 6.45) is 4.79. The minimum atomic E-state index is 0.00817. The van der Waals surface area contributed by atoms with Crippen LogP contribution in [0.3, 0.4) is 0 Å². The van der Waals surface area contributed by atoms with Crippen LogP contribution in [0.4, 0.5) is 5.69 Å². The van der Waals surface area contributed by atoms with Gasteiger partial charge in [-0.3, -0.25) is 9.78 Å². The van der Waals surface area contributed by atoms with Gasteiger partial charge in [-0.2, -0.15) is 0 Å². The molecule has 0 aliphatic rings. The van der Waals surface area contributed by atoms with Gasteiger partial charge in [0.15, 0.2) is 0 Å². The van der Waals surface area contributed by atoms with E-state index in [2.05, 4.69) is 40.1 Å². The van der Waals surface area contributed by atoms with E-state index in [0.29, 0.717) is 19.0 Å². The third kappa shape index (κ3) is 5.11. The van der Waals surface area contributed by atoms with E-state index in [9.17, 15) is 4.79 Å². The Morgan fingerprint density at radius 1 is 1.40 bits per heavy atom. The lowest BCUT2D eigenvalue weighted by molar-refractivity contribution is -0.116. The van der Waals surface area contributed by atoms with Gasteiger partial charge in [0, 0.05) is 30.1 Å². The fraction of sp³-hybridized carbons (Fsp3) is 0.333. The van der Waals surface area contributed by atoms with E-state index < -0.39 is 0 Å². The Bertz CT molecular complexity index is 513. The maximum absolute atomic E-state index is 11.7. The third-order valence-corrected chi connectivity index (χ3v) is 3.78. The normalized spacial score (nSPS) is 12.1. The number of hydrogen-bond donors (Lipinski definition) is 2. The third-order valence-electron chi connectivity index (χ3n) is 2.88. The fourth-order valence-electron chi connectivity index (χ4n) is 1.89. The lowest BCUT2D eigenvalue weighted by atomic mass is 10.2. The summed E-state index contributed by atoms with van der Waals surface area (Å²) < 4.78 is 0. The van der Waals surface area contributed by atoms with Crippen LogP contribution >= 0.6 is 11.3 Å². The Morgan fingerprint density at radius 2 is 2.30 bits per heavy atom. The van der Waals surface area contributed by atoms with Crippen LogP contribution in [0.1, 0.15) is 18.2 Å². The molecule has 5 heteroatoms. The number of nitrogens with one attached hydrogen (secondary N) is 2. The van der Waals surface area contributed by atoms with E-state index in [4.69, 9.17) is 0 Å². The van der Waals surface area contributed by atoms with Crippen molar-refractivity contribution in [3.8, 4) is 0 Å². The van der Waals surface area contributed by atoms with Crippen LogP contribution in [0.25, 0.3) is 0 Å². The molecule has 1 atom stereocenters. The van der Waals surface area contributed by atoms with Gasteiger partial charge in [0.1, 0.15) is 0 Å². The van der Waals surface area contributed by atoms with E-state index in [1.54, 1.807) is 29.8 Å². The summed E-state index contributed by atoms with van der Waals surface area (Å²) in [7, 11) is 0. The van der Waals surface area contributed by atoms with Crippen molar-refractivity contribution in [1.29, 1.82) is 0 Å². The highest BCUT2D eigenvalue weighted by Gasteiger charge is 2.06. The zero-order valence-corrected chi connectivity index (χ0v) is 12.3. The smallest absolute Gasteiger partial charge is 0.225 e. The quantitative estimate of drug-likeness (QED) is 0.824. The lowest BCUT2D eigenvalue weighted by Crippen LogP contribution is -2.31. The van der Waals surface area contributed by atoms with Crippen LogP contribution < -0.4 is 10.6 Å². The van der Waals surface area contributed by atoms with Crippen molar-refractivity contribution >= 4 is 22.9 Å². The Labute approximate surface area is 123 Å². The number of carbonyl (C=O) groups excluding carboxylic acids is 1. The van der Waals surface area contributed by atoms with Gasteiger partial charge in [-0.1, -0.05) is 6.07 Å². The van der Waals surface area contributed by atoms with E-state index in [1.165, 1.54) is 4.88 Å². The molecule has 2 rings (SSSR count). The second kappa shape index (κ2) is 7.77. The number of anilines is 1. The van der Waals surface area contributed by atoms with Crippen molar-refractivity contribution in [2.24, 2.45) is 0 Å². The molecular weight excluding hydrogens is 270 g/mol. The van der Waals surface area contributed by atoms with Gasteiger partial charge in [-0.25, -0.2) is 0 Å². The van der Waals surface area contributed by atoms with Gasteiger partial charge in [0.25, 0.3) is 0 Å². The maximum Gasteiger partial charge on any atom is 0.225 e. The molecule has 0 radical (unpaired) electrons. The van der Waals surface area contributed by atoms with Gasteiger partial charge in [0.2, 0.25) is 5.91 Å². The molecule has 0 aliphatic heterocycles. The topological polar surface area (TPSA) is 54.0 Å². The molecule has 0 spiro atoms. The highest BCUT2D eigenvalue weighted by atomic mass is 32.1. The highest BCUT2D eigenvalue weighted by Crippen LogP contribution is 2.10. The number of rotatable bonds is 7. The van der Waals surface area contributed by atoms with E-state index in [1.807, 2.05) is 6.07 Å². The van der Waals surface area contributed by atoms with E-state index >= 15 is 0 Å². The van der Waals surface area contributed by atoms with Crippen LogP contribution in [0.5, 0.6) is 0 Å². The standard InChI is InChI=1S/C15H19N3OS/c1-12(10-14-5-3-9-20-14)17-8-6-15(19)18-13-4-2-7-16-11-13/h2-5,7,9,11-12,17H,6,8,10H2,1H3,(H,18,19)/t12-/m0/s1. The molecule has 4 nitrogen and oxygen atoms in total. The summed E-state index contributed by atoms with van der Waals surface area (Å²) >= 11 is 1.77. The van der Waals surface area contributed by atoms with Crippen LogP contribution in [0.15, 0.2) is 42.0 Å². The van der Waals surface area contributed by atoms with Gasteiger partial charge < -0.3 is 10.6 Å². The molecule has 0 fully saturated rings. The van der Waals surface area contributed by atoms with E-state index in [-0.39, 0.29) is 5.91 Å². The van der Waals surface area contributed by atoms with Crippen molar-refractivity contribution in [2.75, 3.05) is 11.9 Å². The van der Waals surface area contributed by atoms with Crippen molar-refractivity contribution in [2.45, 2.75) is 25.8 Å². The van der Waals surface area contributed by atoms with Crippen LogP contribution in [-0.4, -0.2) is 23.5 Å². The highest BCUT2D eigenvalue weighted by molar-refractivity contribution is 7.09. The van der Waals surface area contributed by atoms with Crippen molar-refractivity contribution in [3.63, 3.8) is 0 Å². The first-order valence-corrected chi connectivity index (χ1v) is 7.57. The van der Waals surface area contributed by atoms with Gasteiger partial charge in [0.05, 0.1) is 11.9 Å². The van der Waals surface area contributed by atoms with Crippen molar-refractivity contribution in [3.05, 3.63) is 46.9 Å². The zero-order chi connectivity index (χ0) is 14.2. The molecule has 20 heavy (non-hydrogen) atoms. The average Bonchev–Trinajstić information content (AvgIpc) is 2.92. The summed E-state index contributed by atoms with van der Waals surface area (Å²) in [5, 5.41) is 8.28. The number of thiophene rings is 1. The SMILES string of the molecule is C[C@@H](Cc1cccs1)NCCC(=O)Nc1cccnc1. The van der Waals surface area contributed by atoms with Gasteiger partial charge in [-0.15, -0.1) is 11.3 Å². The lowest BCUT2D eigenvalue weighted by Gasteiger charge is -2.12. The van der Waals surface area contributed by atoms with E-state index in [0.717, 1.165) is 12.1 Å². The minimum Gasteiger partial charge on any atom is -0.325 e. The van der Waals surface area contributed by atoms with Crippen LogP contribution in [0, 0.1) is 0 Å². The molecule has 0 aromatic carbocycles. The first-order valence-electron chi connectivity index (χ1n) is 6.69. The molecule has 0 unspecified atom stereocenters. The number of hydrogen-bond acceptors (Lipinski definition) is 4. The molecule has 2 aromatic heterocycles. The predicted octanol–water partition coefficient (Wildman–Crippen LogP) is 2.69. The molecule has 2 aromatic rings. The Morgan fingerprint density at radius 3 is 3.00 bits per heavy atom. The molecular formula is C15H19N3OS. The number of nitrogens with zero attached hydrogens (tertiary/aromatic N) is 1. The number of amides is 1. The molecule has 0 aliphatic carbocycles. The van der Waals surface area contributed by atoms with Crippen molar-refractivity contribution < 1.29 is 4.79 Å². The Balaban J connectivity index is 1.64. The summed E-state index contributed by atoms with van der Waals surface area (Å²) in [4.78, 5) is 17.1. The summed E-state index contributed by atoms with van der Waals surface area (Å²) in [6.45, 7) is 2.82. The number of pyridine rings is 1. The fourth-order valence-corrected chi connectivity index (χ4v) is 2.73. The largest absolute Gasteiger partial charge is 0.325 e. The van der Waals surface area contributed by atoms with Crippen molar-refractivity contribution in [1.82, 2.24) is 10.3 Å². The monoisotopic (exact) mass is 289 g/mol. The van der Waals surface area contributed by atoms with Crippen LogP contribution in [0.2, 0.25) is 0 Å². The first kappa shape index (κ1) is 14.7. The summed E-state index contributed by atoms with van der Waals surface area (Å²) in [5.41, 5.74) is 0.740. The molecule has 2 N–H and O–H groups in total. The maximum atomic E-state index is 11.7. The number of aromatic nitrogens is 1. The molecule has 0 saturated carbocycles. The minimum absolute atomic E-state index is 0.00817. The molecule has 0 saturated heterocycles. The summed E-state index contributed by atoms with van der Waals surface area (Å²) in [6, 6.07) is 8.21. The first-order chi connectivity index (χ1) is 9.74. The molecule has 0 bridgehead atoms. The van der Waals surface area contributed by atoms with Crippen LogP contribution in [-0.2, 0) is 11.2 Å². The summed E-state index contributed by atoms with van der Waals surface area (Å²) in [5.74, 6) is 0.00817. The predicted molar refractivity (Wildman–Crippen MR) is 83.0 cm³/mol. The Kier molecular flexibility index (Phi) is 5.70. The average molecular weight is 289 g/mol. The van der Waals surface area contributed by atoms with Gasteiger partial charge in [-0.05, 0) is 36.9 Å². The Hall–Kier alpha value is -1.72. The number of carbonyl (C=O) groups is 1. The van der Waals surface area contributed by atoms with Gasteiger partial charge >= 0.3 is 0 Å². The molecule has 2 heterocycles. The molecule has 1 amide bonds. The zero-order valence-electron chi connectivity index (χ0n) is 11.5. The second-order valence-corrected chi connectivity index (χ2v) is 5.71. The second-order valence-electron chi connectivity index (χ2n) is 4.68.